The first-order valence-corrected chi connectivity index (χ1v) is 6.84. The zero-order chi connectivity index (χ0) is 10.4. The summed E-state index contributed by atoms with van der Waals surface area (Å²) >= 11 is 7.43. The molecule has 0 aromatic heterocycles. The molecule has 1 aliphatic rings. The van der Waals surface area contributed by atoms with E-state index in [2.05, 4.69) is 0 Å². The highest BCUT2D eigenvalue weighted by Gasteiger charge is 2.26. The average Bonchev–Trinajstić information content (AvgIpc) is 2.71. The lowest BCUT2D eigenvalue weighted by atomic mass is 10.2. The van der Waals surface area contributed by atoms with Crippen LogP contribution in [0.25, 0.3) is 0 Å². The van der Waals surface area contributed by atoms with Crippen molar-refractivity contribution < 1.29 is 4.79 Å². The molecule has 1 atom stereocenters. The van der Waals surface area contributed by atoms with E-state index < -0.39 is 0 Å². The lowest BCUT2D eigenvalue weighted by Crippen LogP contribution is -2.37. The Morgan fingerprint density at radius 3 is 2.93 bits per heavy atom. The number of alkyl halides is 1. The second-order valence-corrected chi connectivity index (χ2v) is 5.15. The summed E-state index contributed by atoms with van der Waals surface area (Å²) in [6.45, 7) is 3.66. The summed E-state index contributed by atoms with van der Waals surface area (Å²) in [6, 6.07) is 0. The third-order valence-electron chi connectivity index (χ3n) is 2.46. The Balaban J connectivity index is 2.37. The molecular formula is C10H18ClNOS. The van der Waals surface area contributed by atoms with Crippen LogP contribution in [-0.4, -0.2) is 40.8 Å². The highest BCUT2D eigenvalue weighted by Crippen LogP contribution is 2.27. The van der Waals surface area contributed by atoms with Gasteiger partial charge in [-0.15, -0.1) is 23.4 Å². The molecule has 1 fully saturated rings. The summed E-state index contributed by atoms with van der Waals surface area (Å²) in [4.78, 5) is 13.9. The Morgan fingerprint density at radius 2 is 2.43 bits per heavy atom. The van der Waals surface area contributed by atoms with Crippen LogP contribution < -0.4 is 0 Å². The largest absolute Gasteiger partial charge is 0.342 e. The van der Waals surface area contributed by atoms with Gasteiger partial charge in [0.05, 0.1) is 5.25 Å². The van der Waals surface area contributed by atoms with Gasteiger partial charge in [-0.05, 0) is 31.9 Å². The van der Waals surface area contributed by atoms with E-state index in [0.29, 0.717) is 11.8 Å². The predicted molar refractivity (Wildman–Crippen MR) is 63.1 cm³/mol. The van der Waals surface area contributed by atoms with Gasteiger partial charge in [-0.3, -0.25) is 4.79 Å². The Hall–Kier alpha value is 0.110. The molecule has 1 aliphatic heterocycles. The quantitative estimate of drug-likeness (QED) is 0.682. The molecule has 2 nitrogen and oxygen atoms in total. The van der Waals surface area contributed by atoms with Crippen molar-refractivity contribution in [1.82, 2.24) is 4.90 Å². The molecule has 0 bridgehead atoms. The van der Waals surface area contributed by atoms with Crippen molar-refractivity contribution in [2.45, 2.75) is 31.4 Å². The summed E-state index contributed by atoms with van der Waals surface area (Å²) in [5.74, 6) is 2.10. The van der Waals surface area contributed by atoms with Gasteiger partial charge in [-0.1, -0.05) is 0 Å². The number of carbonyl (C=O) groups is 1. The molecule has 1 unspecified atom stereocenters. The van der Waals surface area contributed by atoms with Crippen LogP contribution in [0, 0.1) is 0 Å². The molecule has 1 heterocycles. The summed E-state index contributed by atoms with van der Waals surface area (Å²) < 4.78 is 0. The van der Waals surface area contributed by atoms with Crippen molar-refractivity contribution in [3.05, 3.63) is 0 Å². The fourth-order valence-corrected chi connectivity index (χ4v) is 3.01. The number of carbonyl (C=O) groups excluding carboxylic acids is 1. The van der Waals surface area contributed by atoms with Gasteiger partial charge < -0.3 is 4.90 Å². The van der Waals surface area contributed by atoms with Gasteiger partial charge in [0.15, 0.2) is 0 Å². The van der Waals surface area contributed by atoms with Crippen LogP contribution in [0.2, 0.25) is 0 Å². The lowest BCUT2D eigenvalue weighted by Gasteiger charge is -2.23. The second kappa shape index (κ2) is 6.57. The van der Waals surface area contributed by atoms with Crippen LogP contribution in [0.1, 0.15) is 26.2 Å². The molecule has 0 aromatic rings. The zero-order valence-corrected chi connectivity index (χ0v) is 10.2. The number of hydrogen-bond acceptors (Lipinski definition) is 2. The molecule has 1 amide bonds. The zero-order valence-electron chi connectivity index (χ0n) is 8.67. The average molecular weight is 236 g/mol. The van der Waals surface area contributed by atoms with Crippen LogP contribution in [0.3, 0.4) is 0 Å². The van der Waals surface area contributed by atoms with E-state index in [1.165, 1.54) is 6.42 Å². The van der Waals surface area contributed by atoms with E-state index in [-0.39, 0.29) is 5.25 Å². The standard InChI is InChI=1S/C10H18ClNOS/c1-2-12(7-4-6-11)10(13)9-5-3-8-14-9/h9H,2-8H2,1H3. The molecule has 14 heavy (non-hydrogen) atoms. The van der Waals surface area contributed by atoms with E-state index in [1.807, 2.05) is 11.8 Å². The van der Waals surface area contributed by atoms with Gasteiger partial charge in [0.25, 0.3) is 0 Å². The maximum absolute atomic E-state index is 11.9. The molecule has 0 radical (unpaired) electrons. The number of hydrogen-bond donors (Lipinski definition) is 0. The van der Waals surface area contributed by atoms with Crippen molar-refractivity contribution >= 4 is 29.3 Å². The summed E-state index contributed by atoms with van der Waals surface area (Å²) in [5.41, 5.74) is 0. The Bertz CT molecular complexity index is 183. The number of halogens is 1. The number of rotatable bonds is 5. The van der Waals surface area contributed by atoms with E-state index in [1.54, 1.807) is 11.8 Å². The van der Waals surface area contributed by atoms with Gasteiger partial charge >= 0.3 is 0 Å². The normalized spacial score (nSPS) is 21.1. The van der Waals surface area contributed by atoms with E-state index >= 15 is 0 Å². The number of nitrogens with zero attached hydrogens (tertiary/aromatic N) is 1. The SMILES string of the molecule is CCN(CCCCl)C(=O)C1CCCS1. The summed E-state index contributed by atoms with van der Waals surface area (Å²) in [6.07, 6.45) is 3.15. The fourth-order valence-electron chi connectivity index (χ4n) is 1.65. The van der Waals surface area contributed by atoms with Crippen LogP contribution in [-0.2, 0) is 4.79 Å². The first kappa shape index (κ1) is 12.2. The van der Waals surface area contributed by atoms with Gasteiger partial charge in [0.1, 0.15) is 0 Å². The predicted octanol–water partition coefficient (Wildman–Crippen LogP) is 2.36. The molecule has 1 saturated heterocycles. The summed E-state index contributed by atoms with van der Waals surface area (Å²) in [7, 11) is 0. The maximum Gasteiger partial charge on any atom is 0.235 e. The Kier molecular flexibility index (Phi) is 5.71. The van der Waals surface area contributed by atoms with Gasteiger partial charge in [0.2, 0.25) is 5.91 Å². The van der Waals surface area contributed by atoms with Crippen molar-refractivity contribution in [3.63, 3.8) is 0 Å². The molecule has 0 aromatic carbocycles. The number of amides is 1. The minimum atomic E-state index is 0.227. The number of thioether (sulfide) groups is 1. The van der Waals surface area contributed by atoms with E-state index in [4.69, 9.17) is 11.6 Å². The highest BCUT2D eigenvalue weighted by atomic mass is 35.5. The van der Waals surface area contributed by atoms with E-state index in [0.717, 1.165) is 31.7 Å². The van der Waals surface area contributed by atoms with E-state index in [9.17, 15) is 4.79 Å². The van der Waals surface area contributed by atoms with Crippen molar-refractivity contribution in [2.24, 2.45) is 0 Å². The van der Waals surface area contributed by atoms with Crippen LogP contribution >= 0.6 is 23.4 Å². The Labute approximate surface area is 95.4 Å². The molecular weight excluding hydrogens is 218 g/mol. The minimum Gasteiger partial charge on any atom is -0.342 e. The highest BCUT2D eigenvalue weighted by molar-refractivity contribution is 8.00. The molecule has 0 spiro atoms. The maximum atomic E-state index is 11.9. The van der Waals surface area contributed by atoms with Gasteiger partial charge in [0, 0.05) is 19.0 Å². The molecule has 0 aliphatic carbocycles. The molecule has 0 N–H and O–H groups in total. The molecule has 0 saturated carbocycles. The van der Waals surface area contributed by atoms with Crippen molar-refractivity contribution in [1.29, 1.82) is 0 Å². The lowest BCUT2D eigenvalue weighted by molar-refractivity contribution is -0.130. The monoisotopic (exact) mass is 235 g/mol. The molecule has 4 heteroatoms. The third kappa shape index (κ3) is 3.35. The Morgan fingerprint density at radius 1 is 1.64 bits per heavy atom. The first-order chi connectivity index (χ1) is 6.79. The topological polar surface area (TPSA) is 20.3 Å². The van der Waals surface area contributed by atoms with Crippen LogP contribution in [0.15, 0.2) is 0 Å². The first-order valence-electron chi connectivity index (χ1n) is 5.26. The smallest absolute Gasteiger partial charge is 0.235 e. The molecule has 82 valence electrons. The summed E-state index contributed by atoms with van der Waals surface area (Å²) in [5, 5.41) is 0.227. The molecule has 1 rings (SSSR count). The van der Waals surface area contributed by atoms with Gasteiger partial charge in [-0.25, -0.2) is 0 Å². The minimum absolute atomic E-state index is 0.227. The van der Waals surface area contributed by atoms with Crippen molar-refractivity contribution in [2.75, 3.05) is 24.7 Å². The van der Waals surface area contributed by atoms with Crippen molar-refractivity contribution in [3.8, 4) is 0 Å². The van der Waals surface area contributed by atoms with Gasteiger partial charge in [-0.2, -0.15) is 0 Å². The third-order valence-corrected chi connectivity index (χ3v) is 4.09. The van der Waals surface area contributed by atoms with Crippen LogP contribution in [0.4, 0.5) is 0 Å². The second-order valence-electron chi connectivity index (χ2n) is 3.46. The van der Waals surface area contributed by atoms with Crippen LogP contribution in [0.5, 0.6) is 0 Å². The fraction of sp³-hybridized carbons (Fsp3) is 0.900.